The van der Waals surface area contributed by atoms with Gasteiger partial charge in [0.1, 0.15) is 0 Å². The quantitative estimate of drug-likeness (QED) is 0.914. The fourth-order valence-corrected chi connectivity index (χ4v) is 2.71. The first-order chi connectivity index (χ1) is 7.31. The molecular weight excluding hydrogens is 252 g/mol. The molecule has 2 rings (SSSR count). The van der Waals surface area contributed by atoms with E-state index in [4.69, 9.17) is 5.73 Å². The van der Waals surface area contributed by atoms with Crippen molar-refractivity contribution in [3.05, 3.63) is 28.7 Å². The summed E-state index contributed by atoms with van der Waals surface area (Å²) >= 11 is 3.52. The summed E-state index contributed by atoms with van der Waals surface area (Å²) in [5.41, 5.74) is 6.96. The lowest BCUT2D eigenvalue weighted by molar-refractivity contribution is 0.618. The summed E-state index contributed by atoms with van der Waals surface area (Å²) in [5.74, 6) is 0. The zero-order chi connectivity index (χ0) is 10.7. The molecule has 2 nitrogen and oxygen atoms in total. The average Bonchev–Trinajstić information content (AvgIpc) is 2.66. The second-order valence-corrected chi connectivity index (χ2v) is 4.96. The minimum atomic E-state index is 0.643. The molecule has 0 saturated carbocycles. The van der Waals surface area contributed by atoms with E-state index in [1.807, 2.05) is 0 Å². The topological polar surface area (TPSA) is 29.3 Å². The van der Waals surface area contributed by atoms with Gasteiger partial charge < -0.3 is 10.6 Å². The molecule has 0 radical (unpaired) electrons. The van der Waals surface area contributed by atoms with Crippen molar-refractivity contribution in [3.63, 3.8) is 0 Å². The Balaban J connectivity index is 2.15. The number of nitrogens with zero attached hydrogens (tertiary/aromatic N) is 1. The zero-order valence-electron chi connectivity index (χ0n) is 8.82. The van der Waals surface area contributed by atoms with E-state index in [-0.39, 0.29) is 0 Å². The van der Waals surface area contributed by atoms with Gasteiger partial charge in [-0.2, -0.15) is 0 Å². The van der Waals surface area contributed by atoms with Gasteiger partial charge in [0.15, 0.2) is 0 Å². The number of hydrogen-bond donors (Lipinski definition) is 1. The van der Waals surface area contributed by atoms with Crippen LogP contribution in [0, 0.1) is 0 Å². The standard InChI is InChI=1S/C12H17BrN2/c13-10-3-1-4-12(9-10)15-8-2-5-11(15)6-7-14/h1,3-4,9,11H,2,5-8,14H2. The molecule has 82 valence electrons. The van der Waals surface area contributed by atoms with Crippen LogP contribution in [0.1, 0.15) is 19.3 Å². The van der Waals surface area contributed by atoms with E-state index < -0.39 is 0 Å². The Morgan fingerprint density at radius 3 is 3.07 bits per heavy atom. The highest BCUT2D eigenvalue weighted by molar-refractivity contribution is 9.10. The minimum Gasteiger partial charge on any atom is -0.368 e. The van der Waals surface area contributed by atoms with Gasteiger partial charge in [0.25, 0.3) is 0 Å². The second kappa shape index (κ2) is 4.99. The fraction of sp³-hybridized carbons (Fsp3) is 0.500. The van der Waals surface area contributed by atoms with Crippen molar-refractivity contribution in [1.82, 2.24) is 0 Å². The largest absolute Gasteiger partial charge is 0.368 e. The second-order valence-electron chi connectivity index (χ2n) is 4.05. The summed E-state index contributed by atoms with van der Waals surface area (Å²) < 4.78 is 1.15. The molecule has 1 fully saturated rings. The first kappa shape index (κ1) is 11.0. The lowest BCUT2D eigenvalue weighted by Crippen LogP contribution is -2.30. The van der Waals surface area contributed by atoms with Crippen molar-refractivity contribution in [3.8, 4) is 0 Å². The van der Waals surface area contributed by atoms with Crippen molar-refractivity contribution in [2.45, 2.75) is 25.3 Å². The maximum absolute atomic E-state index is 5.64. The van der Waals surface area contributed by atoms with Gasteiger partial charge >= 0.3 is 0 Å². The van der Waals surface area contributed by atoms with Gasteiger partial charge in [0, 0.05) is 22.7 Å². The highest BCUT2D eigenvalue weighted by atomic mass is 79.9. The monoisotopic (exact) mass is 268 g/mol. The number of nitrogens with two attached hydrogens (primary N) is 1. The SMILES string of the molecule is NCCC1CCCN1c1cccc(Br)c1. The number of hydrogen-bond acceptors (Lipinski definition) is 2. The lowest BCUT2D eigenvalue weighted by atomic mass is 10.1. The van der Waals surface area contributed by atoms with Crippen LogP contribution in [0.2, 0.25) is 0 Å². The Labute approximate surface area is 99.6 Å². The van der Waals surface area contributed by atoms with Crippen molar-refractivity contribution >= 4 is 21.6 Å². The van der Waals surface area contributed by atoms with Gasteiger partial charge in [0.05, 0.1) is 0 Å². The van der Waals surface area contributed by atoms with E-state index in [0.717, 1.165) is 17.4 Å². The van der Waals surface area contributed by atoms with Gasteiger partial charge in [-0.3, -0.25) is 0 Å². The van der Waals surface area contributed by atoms with Gasteiger partial charge in [-0.15, -0.1) is 0 Å². The number of rotatable bonds is 3. The maximum Gasteiger partial charge on any atom is 0.0380 e. The molecule has 1 aromatic carbocycles. The van der Waals surface area contributed by atoms with E-state index in [2.05, 4.69) is 45.1 Å². The molecule has 0 bridgehead atoms. The Morgan fingerprint density at radius 1 is 1.47 bits per heavy atom. The molecule has 0 aromatic heterocycles. The predicted molar refractivity (Wildman–Crippen MR) is 68.2 cm³/mol. The van der Waals surface area contributed by atoms with Gasteiger partial charge in [-0.25, -0.2) is 0 Å². The first-order valence-electron chi connectivity index (χ1n) is 5.53. The van der Waals surface area contributed by atoms with E-state index in [1.165, 1.54) is 25.1 Å². The molecule has 1 atom stereocenters. The molecule has 1 unspecified atom stereocenters. The summed E-state index contributed by atoms with van der Waals surface area (Å²) in [6.45, 7) is 1.95. The van der Waals surface area contributed by atoms with Crippen molar-refractivity contribution in [1.29, 1.82) is 0 Å². The Morgan fingerprint density at radius 2 is 2.33 bits per heavy atom. The van der Waals surface area contributed by atoms with Crippen LogP contribution in [0.4, 0.5) is 5.69 Å². The smallest absolute Gasteiger partial charge is 0.0380 e. The van der Waals surface area contributed by atoms with Crippen LogP contribution in [0.25, 0.3) is 0 Å². The molecule has 1 aliphatic heterocycles. The van der Waals surface area contributed by atoms with Crippen LogP contribution in [-0.2, 0) is 0 Å². The Kier molecular flexibility index (Phi) is 3.65. The van der Waals surface area contributed by atoms with Crippen LogP contribution in [-0.4, -0.2) is 19.1 Å². The van der Waals surface area contributed by atoms with Crippen molar-refractivity contribution < 1.29 is 0 Å². The third-order valence-corrected chi connectivity index (χ3v) is 3.51. The van der Waals surface area contributed by atoms with E-state index >= 15 is 0 Å². The fourth-order valence-electron chi connectivity index (χ4n) is 2.32. The molecular formula is C12H17BrN2. The lowest BCUT2D eigenvalue weighted by Gasteiger charge is -2.26. The molecule has 1 aromatic rings. The average molecular weight is 269 g/mol. The summed E-state index contributed by atoms with van der Waals surface area (Å²) in [4.78, 5) is 2.48. The summed E-state index contributed by atoms with van der Waals surface area (Å²) in [7, 11) is 0. The minimum absolute atomic E-state index is 0.643. The van der Waals surface area contributed by atoms with Crippen molar-refractivity contribution in [2.75, 3.05) is 18.0 Å². The predicted octanol–water partition coefficient (Wildman–Crippen LogP) is 2.77. The molecule has 0 spiro atoms. The summed E-state index contributed by atoms with van der Waals surface area (Å²) in [6, 6.07) is 9.17. The highest BCUT2D eigenvalue weighted by Crippen LogP contribution is 2.28. The van der Waals surface area contributed by atoms with E-state index in [1.54, 1.807) is 0 Å². The highest BCUT2D eigenvalue weighted by Gasteiger charge is 2.23. The van der Waals surface area contributed by atoms with Crippen molar-refractivity contribution in [2.24, 2.45) is 5.73 Å². The van der Waals surface area contributed by atoms with E-state index in [0.29, 0.717) is 6.04 Å². The van der Waals surface area contributed by atoms with Gasteiger partial charge in [0.2, 0.25) is 0 Å². The zero-order valence-corrected chi connectivity index (χ0v) is 10.4. The molecule has 1 saturated heterocycles. The van der Waals surface area contributed by atoms with Crippen LogP contribution in [0.15, 0.2) is 28.7 Å². The molecule has 0 aliphatic carbocycles. The third-order valence-electron chi connectivity index (χ3n) is 3.02. The Hall–Kier alpha value is -0.540. The molecule has 15 heavy (non-hydrogen) atoms. The molecule has 1 heterocycles. The normalized spacial score (nSPS) is 20.9. The molecule has 2 N–H and O–H groups in total. The maximum atomic E-state index is 5.64. The number of anilines is 1. The molecule has 0 amide bonds. The van der Waals surface area contributed by atoms with Gasteiger partial charge in [-0.1, -0.05) is 22.0 Å². The Bertz CT molecular complexity index is 327. The summed E-state index contributed by atoms with van der Waals surface area (Å²) in [6.07, 6.45) is 3.67. The van der Waals surface area contributed by atoms with Crippen LogP contribution in [0.3, 0.4) is 0 Å². The molecule has 1 aliphatic rings. The number of halogens is 1. The van der Waals surface area contributed by atoms with Crippen LogP contribution >= 0.6 is 15.9 Å². The molecule has 3 heteroatoms. The van der Waals surface area contributed by atoms with E-state index in [9.17, 15) is 0 Å². The van der Waals surface area contributed by atoms with Crippen LogP contribution in [0.5, 0.6) is 0 Å². The number of benzene rings is 1. The summed E-state index contributed by atoms with van der Waals surface area (Å²) in [5, 5.41) is 0. The first-order valence-corrected chi connectivity index (χ1v) is 6.33. The van der Waals surface area contributed by atoms with Crippen LogP contribution < -0.4 is 10.6 Å². The third kappa shape index (κ3) is 2.52. The van der Waals surface area contributed by atoms with Gasteiger partial charge in [-0.05, 0) is 44.0 Å².